The Kier molecular flexibility index (Phi) is 4.87. The van der Waals surface area contributed by atoms with Crippen molar-refractivity contribution in [3.05, 3.63) is 30.1 Å². The van der Waals surface area contributed by atoms with Gasteiger partial charge in [-0.15, -0.1) is 0 Å². The lowest BCUT2D eigenvalue weighted by atomic mass is 10.1. The molecule has 0 spiro atoms. The standard InChI is InChI=1S/C14H22N4O/c1-17-10-8-15-11-13(17)14(19)18(2)9-6-12-5-3-4-7-16-12/h3-5,7,13,15H,6,8-11H2,1-2H3. The van der Waals surface area contributed by atoms with Crippen LogP contribution in [0.3, 0.4) is 0 Å². The van der Waals surface area contributed by atoms with Crippen molar-refractivity contribution in [3.63, 3.8) is 0 Å². The summed E-state index contributed by atoms with van der Waals surface area (Å²) in [6, 6.07) is 5.83. The highest BCUT2D eigenvalue weighted by molar-refractivity contribution is 5.82. The zero-order valence-corrected chi connectivity index (χ0v) is 11.7. The number of rotatable bonds is 4. The SMILES string of the molecule is CN(CCc1ccccn1)C(=O)C1CNCCN1C. The number of carbonyl (C=O) groups is 1. The Morgan fingerprint density at radius 1 is 1.58 bits per heavy atom. The van der Waals surface area contributed by atoms with Gasteiger partial charge in [-0.3, -0.25) is 14.7 Å². The number of likely N-dealkylation sites (N-methyl/N-ethyl adjacent to an activating group) is 2. The monoisotopic (exact) mass is 262 g/mol. The van der Waals surface area contributed by atoms with E-state index in [-0.39, 0.29) is 11.9 Å². The van der Waals surface area contributed by atoms with E-state index in [2.05, 4.69) is 15.2 Å². The van der Waals surface area contributed by atoms with Gasteiger partial charge >= 0.3 is 0 Å². The third-order valence-corrected chi connectivity index (χ3v) is 3.60. The summed E-state index contributed by atoms with van der Waals surface area (Å²) in [5, 5.41) is 3.27. The Labute approximate surface area is 114 Å². The number of nitrogens with zero attached hydrogens (tertiary/aromatic N) is 3. The summed E-state index contributed by atoms with van der Waals surface area (Å²) < 4.78 is 0. The third-order valence-electron chi connectivity index (χ3n) is 3.60. The smallest absolute Gasteiger partial charge is 0.240 e. The summed E-state index contributed by atoms with van der Waals surface area (Å²) in [5.41, 5.74) is 1.03. The molecule has 1 aromatic heterocycles. The van der Waals surface area contributed by atoms with Crippen LogP contribution in [0.4, 0.5) is 0 Å². The average Bonchev–Trinajstić information content (AvgIpc) is 2.45. The van der Waals surface area contributed by atoms with Crippen LogP contribution in [0.5, 0.6) is 0 Å². The molecule has 1 N–H and O–H groups in total. The van der Waals surface area contributed by atoms with E-state index in [9.17, 15) is 4.79 Å². The summed E-state index contributed by atoms with van der Waals surface area (Å²) >= 11 is 0. The maximum absolute atomic E-state index is 12.4. The van der Waals surface area contributed by atoms with Crippen LogP contribution in [-0.2, 0) is 11.2 Å². The number of aromatic nitrogens is 1. The van der Waals surface area contributed by atoms with Gasteiger partial charge in [0.1, 0.15) is 6.04 Å². The largest absolute Gasteiger partial charge is 0.344 e. The quantitative estimate of drug-likeness (QED) is 0.829. The molecule has 5 heteroatoms. The molecule has 1 aliphatic rings. The van der Waals surface area contributed by atoms with Gasteiger partial charge < -0.3 is 10.2 Å². The molecule has 104 valence electrons. The minimum absolute atomic E-state index is 0.0394. The third kappa shape index (κ3) is 3.75. The van der Waals surface area contributed by atoms with E-state index in [0.29, 0.717) is 6.54 Å². The van der Waals surface area contributed by atoms with Crippen LogP contribution in [0.15, 0.2) is 24.4 Å². The predicted molar refractivity (Wildman–Crippen MR) is 74.9 cm³/mol. The van der Waals surface area contributed by atoms with Crippen LogP contribution in [-0.4, -0.2) is 67.0 Å². The molecule has 0 bridgehead atoms. The van der Waals surface area contributed by atoms with E-state index in [4.69, 9.17) is 0 Å². The molecular weight excluding hydrogens is 240 g/mol. The zero-order valence-electron chi connectivity index (χ0n) is 11.7. The van der Waals surface area contributed by atoms with E-state index in [1.165, 1.54) is 0 Å². The zero-order chi connectivity index (χ0) is 13.7. The van der Waals surface area contributed by atoms with Gasteiger partial charge in [0, 0.05) is 51.5 Å². The van der Waals surface area contributed by atoms with Crippen LogP contribution in [0.25, 0.3) is 0 Å². The fraction of sp³-hybridized carbons (Fsp3) is 0.571. The highest BCUT2D eigenvalue weighted by Gasteiger charge is 2.27. The Bertz CT molecular complexity index is 409. The van der Waals surface area contributed by atoms with Gasteiger partial charge in [0.2, 0.25) is 5.91 Å². The summed E-state index contributed by atoms with van der Waals surface area (Å²) in [6.07, 6.45) is 2.59. The molecule has 0 aliphatic carbocycles. The second kappa shape index (κ2) is 6.63. The molecule has 2 rings (SSSR count). The van der Waals surface area contributed by atoms with Crippen molar-refractivity contribution >= 4 is 5.91 Å². The first-order valence-electron chi connectivity index (χ1n) is 6.74. The lowest BCUT2D eigenvalue weighted by Gasteiger charge is -2.34. The van der Waals surface area contributed by atoms with Crippen LogP contribution in [0, 0.1) is 0 Å². The second-order valence-corrected chi connectivity index (χ2v) is 5.03. The maximum Gasteiger partial charge on any atom is 0.240 e. The van der Waals surface area contributed by atoms with Gasteiger partial charge in [0.15, 0.2) is 0 Å². The predicted octanol–water partition coefficient (Wildman–Crippen LogP) is -0.0139. The molecule has 1 amide bonds. The Hall–Kier alpha value is -1.46. The topological polar surface area (TPSA) is 48.5 Å². The summed E-state index contributed by atoms with van der Waals surface area (Å²) in [4.78, 5) is 20.6. The van der Waals surface area contributed by atoms with Gasteiger partial charge in [-0.05, 0) is 19.2 Å². The number of carbonyl (C=O) groups excluding carboxylic acids is 1. The Morgan fingerprint density at radius 2 is 2.42 bits per heavy atom. The molecule has 1 unspecified atom stereocenters. The first-order valence-corrected chi connectivity index (χ1v) is 6.74. The molecule has 0 saturated carbocycles. The maximum atomic E-state index is 12.4. The molecule has 0 aromatic carbocycles. The highest BCUT2D eigenvalue weighted by Crippen LogP contribution is 2.05. The number of nitrogens with one attached hydrogen (secondary N) is 1. The van der Waals surface area contributed by atoms with Crippen molar-refractivity contribution in [1.82, 2.24) is 20.1 Å². The van der Waals surface area contributed by atoms with Gasteiger partial charge in [-0.25, -0.2) is 0 Å². The molecule has 1 aliphatic heterocycles. The number of piperazine rings is 1. The normalized spacial score (nSPS) is 20.2. The fourth-order valence-electron chi connectivity index (χ4n) is 2.27. The van der Waals surface area contributed by atoms with E-state index < -0.39 is 0 Å². The van der Waals surface area contributed by atoms with Crippen LogP contribution in [0.1, 0.15) is 5.69 Å². The van der Waals surface area contributed by atoms with Crippen LogP contribution < -0.4 is 5.32 Å². The van der Waals surface area contributed by atoms with Crippen LogP contribution >= 0.6 is 0 Å². The van der Waals surface area contributed by atoms with E-state index in [1.54, 1.807) is 6.20 Å². The number of amides is 1. The van der Waals surface area contributed by atoms with Gasteiger partial charge in [0.25, 0.3) is 0 Å². The molecule has 1 atom stereocenters. The van der Waals surface area contributed by atoms with Crippen molar-refractivity contribution in [2.75, 3.05) is 40.3 Å². The molecule has 1 aromatic rings. The molecular formula is C14H22N4O. The minimum Gasteiger partial charge on any atom is -0.344 e. The lowest BCUT2D eigenvalue weighted by Crippen LogP contribution is -2.56. The summed E-state index contributed by atoms with van der Waals surface area (Å²) in [6.45, 7) is 3.33. The van der Waals surface area contributed by atoms with Gasteiger partial charge in [-0.1, -0.05) is 6.07 Å². The Morgan fingerprint density at radius 3 is 3.11 bits per heavy atom. The average molecular weight is 262 g/mol. The van der Waals surface area contributed by atoms with Crippen molar-refractivity contribution in [2.45, 2.75) is 12.5 Å². The molecule has 19 heavy (non-hydrogen) atoms. The molecule has 1 saturated heterocycles. The van der Waals surface area contributed by atoms with Crippen molar-refractivity contribution < 1.29 is 4.79 Å². The van der Waals surface area contributed by atoms with Crippen molar-refractivity contribution in [1.29, 1.82) is 0 Å². The molecule has 0 radical (unpaired) electrons. The Balaban J connectivity index is 1.85. The second-order valence-electron chi connectivity index (χ2n) is 5.03. The van der Waals surface area contributed by atoms with E-state index in [0.717, 1.165) is 31.7 Å². The van der Waals surface area contributed by atoms with Crippen LogP contribution in [0.2, 0.25) is 0 Å². The van der Waals surface area contributed by atoms with E-state index in [1.807, 2.05) is 37.2 Å². The first-order chi connectivity index (χ1) is 9.18. The lowest BCUT2D eigenvalue weighted by molar-refractivity contribution is -0.135. The van der Waals surface area contributed by atoms with Gasteiger partial charge in [-0.2, -0.15) is 0 Å². The van der Waals surface area contributed by atoms with E-state index >= 15 is 0 Å². The number of hydrogen-bond acceptors (Lipinski definition) is 4. The van der Waals surface area contributed by atoms with Crippen molar-refractivity contribution in [2.24, 2.45) is 0 Å². The minimum atomic E-state index is -0.0394. The highest BCUT2D eigenvalue weighted by atomic mass is 16.2. The number of hydrogen-bond donors (Lipinski definition) is 1. The number of pyridine rings is 1. The summed E-state index contributed by atoms with van der Waals surface area (Å²) in [7, 11) is 3.88. The molecule has 1 fully saturated rings. The van der Waals surface area contributed by atoms with Crippen molar-refractivity contribution in [3.8, 4) is 0 Å². The first kappa shape index (κ1) is 14.0. The molecule has 2 heterocycles. The summed E-state index contributed by atoms with van der Waals surface area (Å²) in [5.74, 6) is 0.186. The van der Waals surface area contributed by atoms with Gasteiger partial charge in [0.05, 0.1) is 0 Å². The fourth-order valence-corrected chi connectivity index (χ4v) is 2.27. The molecule has 5 nitrogen and oxygen atoms in total.